The smallest absolute Gasteiger partial charge is 0.461 e. The molecule has 0 N–H and O–H groups in total. The lowest BCUT2D eigenvalue weighted by atomic mass is 10.1. The Labute approximate surface area is 376 Å². The zero-order valence-electron chi connectivity index (χ0n) is 37.8. The Morgan fingerprint density at radius 2 is 1.00 bits per heavy atom. The molecule has 60 heavy (non-hydrogen) atoms. The molecule has 1 aromatic rings. The summed E-state index contributed by atoms with van der Waals surface area (Å²) in [6.45, 7) is 4.39. The molecular formula is C49H84Cl2NO7P. The van der Waals surface area contributed by atoms with E-state index < -0.39 is 19.8 Å². The molecule has 2 unspecified atom stereocenters. The first-order chi connectivity index (χ1) is 29.4. The number of rotatable bonds is 43. The molecule has 11 heteroatoms. The minimum Gasteiger partial charge on any atom is -0.462 e. The van der Waals surface area contributed by atoms with Crippen LogP contribution in [-0.2, 0) is 28.2 Å². The van der Waals surface area contributed by atoms with Crippen LogP contribution in [-0.4, -0.2) is 60.8 Å². The van der Waals surface area contributed by atoms with Crippen molar-refractivity contribution in [2.24, 2.45) is 0 Å². The Hall–Kier alpha value is -1.83. The van der Waals surface area contributed by atoms with E-state index in [2.05, 4.69) is 38.2 Å². The molecular weight excluding hydrogens is 816 g/mol. The summed E-state index contributed by atoms with van der Waals surface area (Å²) in [5.41, 5.74) is 0. The third-order valence-electron chi connectivity index (χ3n) is 10.4. The van der Waals surface area contributed by atoms with E-state index in [1.807, 2.05) is 6.07 Å². The van der Waals surface area contributed by atoms with Crippen molar-refractivity contribution in [3.05, 3.63) is 54.6 Å². The molecule has 0 amide bonds. The van der Waals surface area contributed by atoms with Crippen LogP contribution in [0.5, 0.6) is 5.75 Å². The number of hydrogen-bond donors (Lipinski definition) is 0. The first kappa shape index (κ1) is 56.2. The lowest BCUT2D eigenvalue weighted by molar-refractivity contribution is -0.161. The van der Waals surface area contributed by atoms with E-state index in [0.717, 1.165) is 70.6 Å². The van der Waals surface area contributed by atoms with Gasteiger partial charge in [-0.2, -0.15) is 4.67 Å². The summed E-state index contributed by atoms with van der Waals surface area (Å²) in [5.74, 6) is -0.0819. The number of carbonyl (C=O) groups is 2. The number of para-hydroxylation sites is 1. The molecule has 0 aliphatic carbocycles. The summed E-state index contributed by atoms with van der Waals surface area (Å²) in [4.78, 5) is 25.8. The highest BCUT2D eigenvalue weighted by Gasteiger charge is 2.36. The Kier molecular flexibility index (Phi) is 38.6. The number of benzene rings is 1. The van der Waals surface area contributed by atoms with E-state index in [1.54, 1.807) is 24.3 Å². The molecule has 0 spiro atoms. The summed E-state index contributed by atoms with van der Waals surface area (Å²) in [6, 6.07) is 8.71. The summed E-state index contributed by atoms with van der Waals surface area (Å²) < 4.78 is 39.1. The van der Waals surface area contributed by atoms with Gasteiger partial charge in [-0.3, -0.25) is 14.1 Å². The van der Waals surface area contributed by atoms with Crippen LogP contribution in [0, 0.1) is 0 Å². The molecule has 8 nitrogen and oxygen atoms in total. The minimum absolute atomic E-state index is 0.171. The maximum absolute atomic E-state index is 14.3. The average molecular weight is 901 g/mol. The molecule has 1 rings (SSSR count). The SMILES string of the molecule is CCCCCCCC/C=C\CCCCCCCC(=O)OCC(COP(=O)(Oc1ccccc1)N(CCCl)CCCl)OC(=O)CCCCCCC/C=C\CCCCCCCC. The quantitative estimate of drug-likeness (QED) is 0.0210. The van der Waals surface area contributed by atoms with Crippen LogP contribution in [0.1, 0.15) is 194 Å². The first-order valence-corrected chi connectivity index (χ1v) is 26.5. The molecule has 0 saturated carbocycles. The average Bonchev–Trinajstić information content (AvgIpc) is 3.24. The van der Waals surface area contributed by atoms with E-state index >= 15 is 0 Å². The minimum atomic E-state index is -4.01. The number of hydrogen-bond acceptors (Lipinski definition) is 7. The lowest BCUT2D eigenvalue weighted by Gasteiger charge is -2.30. The number of unbranched alkanes of at least 4 members (excludes halogenated alkanes) is 22. The van der Waals surface area contributed by atoms with E-state index in [-0.39, 0.29) is 56.9 Å². The van der Waals surface area contributed by atoms with Gasteiger partial charge < -0.3 is 14.0 Å². The van der Waals surface area contributed by atoms with Crippen molar-refractivity contribution in [3.8, 4) is 5.75 Å². The van der Waals surface area contributed by atoms with Crippen molar-refractivity contribution >= 4 is 42.9 Å². The third kappa shape index (κ3) is 32.8. The van der Waals surface area contributed by atoms with Gasteiger partial charge in [0.25, 0.3) is 0 Å². The van der Waals surface area contributed by atoms with E-state index in [9.17, 15) is 14.2 Å². The van der Waals surface area contributed by atoms with Gasteiger partial charge in [0, 0.05) is 37.7 Å². The fraction of sp³-hybridized carbons (Fsp3) is 0.755. The zero-order chi connectivity index (χ0) is 43.6. The Morgan fingerprint density at radius 1 is 0.583 bits per heavy atom. The van der Waals surface area contributed by atoms with Crippen LogP contribution in [0.2, 0.25) is 0 Å². The molecule has 0 fully saturated rings. The molecule has 0 saturated heterocycles. The lowest BCUT2D eigenvalue weighted by Crippen LogP contribution is -2.33. The third-order valence-corrected chi connectivity index (χ3v) is 12.8. The predicted octanol–water partition coefficient (Wildman–Crippen LogP) is 15.5. The van der Waals surface area contributed by atoms with Gasteiger partial charge in [-0.05, 0) is 76.3 Å². The number of alkyl halides is 2. The first-order valence-electron chi connectivity index (χ1n) is 23.9. The van der Waals surface area contributed by atoms with Crippen molar-refractivity contribution in [1.29, 1.82) is 0 Å². The van der Waals surface area contributed by atoms with Gasteiger partial charge in [-0.1, -0.05) is 159 Å². The van der Waals surface area contributed by atoms with Crippen molar-refractivity contribution in [2.75, 3.05) is 38.1 Å². The second kappa shape index (κ2) is 41.2. The highest BCUT2D eigenvalue weighted by Crippen LogP contribution is 2.52. The summed E-state index contributed by atoms with van der Waals surface area (Å²) in [7, 11) is -4.01. The number of carbonyl (C=O) groups excluding carboxylic acids is 2. The van der Waals surface area contributed by atoms with Crippen LogP contribution >= 0.6 is 30.9 Å². The number of nitrogens with zero attached hydrogens (tertiary/aromatic N) is 1. The molecule has 1 aromatic carbocycles. The van der Waals surface area contributed by atoms with Crippen LogP contribution in [0.3, 0.4) is 0 Å². The van der Waals surface area contributed by atoms with Crippen molar-refractivity contribution in [2.45, 2.75) is 200 Å². The van der Waals surface area contributed by atoms with E-state index in [1.165, 1.54) is 94.6 Å². The molecule has 0 radical (unpaired) electrons. The summed E-state index contributed by atoms with van der Waals surface area (Å²) in [6.07, 6.45) is 39.3. The van der Waals surface area contributed by atoms with Gasteiger partial charge in [-0.15, -0.1) is 23.2 Å². The highest BCUT2D eigenvalue weighted by atomic mass is 35.5. The van der Waals surface area contributed by atoms with Crippen molar-refractivity contribution < 1.29 is 32.7 Å². The molecule has 346 valence electrons. The fourth-order valence-electron chi connectivity index (χ4n) is 6.81. The van der Waals surface area contributed by atoms with Gasteiger partial charge in [0.2, 0.25) is 0 Å². The normalized spacial score (nSPS) is 13.3. The number of allylic oxidation sites excluding steroid dienone is 4. The maximum atomic E-state index is 14.3. The Balaban J connectivity index is 2.58. The second-order valence-corrected chi connectivity index (χ2v) is 18.7. The van der Waals surface area contributed by atoms with Gasteiger partial charge in [0.1, 0.15) is 12.4 Å². The Morgan fingerprint density at radius 3 is 1.45 bits per heavy atom. The zero-order valence-corrected chi connectivity index (χ0v) is 40.2. The maximum Gasteiger partial charge on any atom is 0.461 e. The van der Waals surface area contributed by atoms with Crippen LogP contribution in [0.25, 0.3) is 0 Å². The second-order valence-electron chi connectivity index (χ2n) is 16.0. The van der Waals surface area contributed by atoms with Crippen LogP contribution < -0.4 is 4.52 Å². The van der Waals surface area contributed by atoms with Crippen LogP contribution in [0.15, 0.2) is 54.6 Å². The number of ether oxygens (including phenoxy) is 2. The predicted molar refractivity (Wildman–Crippen MR) is 253 cm³/mol. The summed E-state index contributed by atoms with van der Waals surface area (Å²) >= 11 is 12.1. The summed E-state index contributed by atoms with van der Waals surface area (Å²) in [5, 5.41) is 0. The van der Waals surface area contributed by atoms with Crippen LogP contribution in [0.4, 0.5) is 0 Å². The molecule has 0 bridgehead atoms. The monoisotopic (exact) mass is 900 g/mol. The fourth-order valence-corrected chi connectivity index (χ4v) is 9.22. The number of halogens is 2. The van der Waals surface area contributed by atoms with Gasteiger partial charge >= 0.3 is 19.7 Å². The van der Waals surface area contributed by atoms with E-state index in [4.69, 9.17) is 41.7 Å². The highest BCUT2D eigenvalue weighted by molar-refractivity contribution is 7.51. The van der Waals surface area contributed by atoms with Gasteiger partial charge in [0.05, 0.1) is 6.61 Å². The standard InChI is InChI=1S/C49H84Cl2NO7P/c1-3-5-7-9-11-13-15-17-19-21-23-25-27-29-34-38-48(53)56-44-47(45-57-60(55,52(42-40-50)43-41-51)59-46-36-32-31-33-37-46)58-49(54)39-35-30-28-26-24-22-20-18-16-14-12-10-8-6-4-2/h17-20,31-33,36-37,47H,3-16,21-30,34-35,38-45H2,1-2H3/b19-17-,20-18-. The van der Waals surface area contributed by atoms with Gasteiger partial charge in [0.15, 0.2) is 6.10 Å². The molecule has 0 heterocycles. The van der Waals surface area contributed by atoms with Gasteiger partial charge in [-0.25, -0.2) is 4.57 Å². The largest absolute Gasteiger partial charge is 0.462 e. The molecule has 0 aliphatic heterocycles. The number of esters is 2. The van der Waals surface area contributed by atoms with E-state index in [0.29, 0.717) is 12.2 Å². The molecule has 2 atom stereocenters. The van der Waals surface area contributed by atoms with Crippen molar-refractivity contribution in [3.63, 3.8) is 0 Å². The molecule has 0 aliphatic rings. The molecule has 0 aromatic heterocycles. The Bertz CT molecular complexity index is 1250. The van der Waals surface area contributed by atoms with Crippen molar-refractivity contribution in [1.82, 2.24) is 4.67 Å². The topological polar surface area (TPSA) is 91.4 Å².